The average Bonchev–Trinajstić information content (AvgIpc) is 3.00. The van der Waals surface area contributed by atoms with Crippen molar-refractivity contribution in [3.63, 3.8) is 0 Å². The van der Waals surface area contributed by atoms with Crippen LogP contribution in [0.3, 0.4) is 0 Å². The van der Waals surface area contributed by atoms with Gasteiger partial charge in [-0.3, -0.25) is 4.79 Å². The number of ether oxygens (including phenoxy) is 1. The van der Waals surface area contributed by atoms with Crippen LogP contribution in [-0.4, -0.2) is 22.8 Å². The SMILES string of the molecule is Cc1ccc(C)c(C(=O)[C@@H](C)OC(=O)c2cc3ccccc3[nH]2)c1. The van der Waals surface area contributed by atoms with Crippen LogP contribution in [0.2, 0.25) is 0 Å². The van der Waals surface area contributed by atoms with Crippen LogP contribution < -0.4 is 0 Å². The number of fused-ring (bicyclic) bond motifs is 1. The van der Waals surface area contributed by atoms with E-state index in [-0.39, 0.29) is 5.78 Å². The minimum absolute atomic E-state index is 0.194. The number of para-hydroxylation sites is 1. The van der Waals surface area contributed by atoms with Crippen molar-refractivity contribution in [2.75, 3.05) is 0 Å². The average molecular weight is 321 g/mol. The van der Waals surface area contributed by atoms with Gasteiger partial charge in [-0.2, -0.15) is 0 Å². The summed E-state index contributed by atoms with van der Waals surface area (Å²) in [6.45, 7) is 5.40. The third-order valence-corrected chi connectivity index (χ3v) is 4.06. The molecule has 0 unspecified atom stereocenters. The van der Waals surface area contributed by atoms with Crippen LogP contribution >= 0.6 is 0 Å². The molecule has 4 heteroatoms. The van der Waals surface area contributed by atoms with Crippen LogP contribution in [0, 0.1) is 13.8 Å². The van der Waals surface area contributed by atoms with Crippen molar-refractivity contribution >= 4 is 22.7 Å². The Morgan fingerprint density at radius 2 is 1.79 bits per heavy atom. The summed E-state index contributed by atoms with van der Waals surface area (Å²) < 4.78 is 5.36. The Morgan fingerprint density at radius 1 is 1.04 bits per heavy atom. The molecule has 1 atom stereocenters. The first-order valence-corrected chi connectivity index (χ1v) is 7.86. The van der Waals surface area contributed by atoms with Crippen LogP contribution in [0.1, 0.15) is 38.9 Å². The van der Waals surface area contributed by atoms with E-state index in [4.69, 9.17) is 4.74 Å². The quantitative estimate of drug-likeness (QED) is 0.578. The summed E-state index contributed by atoms with van der Waals surface area (Å²) in [6, 6.07) is 15.0. The van der Waals surface area contributed by atoms with Gasteiger partial charge in [-0.25, -0.2) is 4.79 Å². The minimum atomic E-state index is -0.843. The van der Waals surface area contributed by atoms with Gasteiger partial charge in [-0.15, -0.1) is 0 Å². The van der Waals surface area contributed by atoms with Crippen molar-refractivity contribution in [2.45, 2.75) is 26.9 Å². The zero-order valence-corrected chi connectivity index (χ0v) is 13.9. The number of hydrogen-bond donors (Lipinski definition) is 1. The third-order valence-electron chi connectivity index (χ3n) is 4.06. The number of benzene rings is 2. The lowest BCUT2D eigenvalue weighted by atomic mass is 9.99. The third kappa shape index (κ3) is 3.08. The van der Waals surface area contributed by atoms with Crippen LogP contribution in [0.15, 0.2) is 48.5 Å². The van der Waals surface area contributed by atoms with Gasteiger partial charge in [0.25, 0.3) is 0 Å². The van der Waals surface area contributed by atoms with Crippen LogP contribution in [0.25, 0.3) is 10.9 Å². The van der Waals surface area contributed by atoms with Crippen LogP contribution in [0.5, 0.6) is 0 Å². The van der Waals surface area contributed by atoms with E-state index >= 15 is 0 Å². The topological polar surface area (TPSA) is 59.2 Å². The standard InChI is InChI=1S/C20H19NO3/c1-12-8-9-13(2)16(10-12)19(22)14(3)24-20(23)18-11-15-6-4-5-7-17(15)21-18/h4-11,14,21H,1-3H3/t14-/m1/s1. The van der Waals surface area contributed by atoms with Crippen molar-refractivity contribution in [1.29, 1.82) is 0 Å². The molecule has 3 rings (SSSR count). The summed E-state index contributed by atoms with van der Waals surface area (Å²) in [6.07, 6.45) is -0.843. The van der Waals surface area contributed by atoms with E-state index in [9.17, 15) is 9.59 Å². The summed E-state index contributed by atoms with van der Waals surface area (Å²) in [5, 5.41) is 0.929. The second-order valence-electron chi connectivity index (χ2n) is 6.00. The summed E-state index contributed by atoms with van der Waals surface area (Å²) in [7, 11) is 0. The van der Waals surface area contributed by atoms with Crippen molar-refractivity contribution in [1.82, 2.24) is 4.98 Å². The lowest BCUT2D eigenvalue weighted by Crippen LogP contribution is -2.25. The van der Waals surface area contributed by atoms with E-state index in [1.165, 1.54) is 0 Å². The lowest BCUT2D eigenvalue weighted by Gasteiger charge is -2.13. The van der Waals surface area contributed by atoms with Gasteiger partial charge in [-0.1, -0.05) is 35.9 Å². The largest absolute Gasteiger partial charge is 0.450 e. The van der Waals surface area contributed by atoms with Crippen LogP contribution in [-0.2, 0) is 4.74 Å². The lowest BCUT2D eigenvalue weighted by molar-refractivity contribution is 0.0314. The maximum atomic E-state index is 12.6. The molecule has 0 aliphatic rings. The number of nitrogens with one attached hydrogen (secondary N) is 1. The van der Waals surface area contributed by atoms with E-state index in [1.54, 1.807) is 13.0 Å². The summed E-state index contributed by atoms with van der Waals surface area (Å²) in [4.78, 5) is 27.9. The Labute approximate surface area is 140 Å². The number of aromatic nitrogens is 1. The molecule has 122 valence electrons. The Kier molecular flexibility index (Phi) is 4.21. The number of esters is 1. The normalized spacial score (nSPS) is 12.1. The number of aromatic amines is 1. The van der Waals surface area contributed by atoms with E-state index in [0.29, 0.717) is 11.3 Å². The highest BCUT2D eigenvalue weighted by atomic mass is 16.5. The molecule has 2 aromatic carbocycles. The molecule has 0 radical (unpaired) electrons. The molecular weight excluding hydrogens is 302 g/mol. The second-order valence-corrected chi connectivity index (χ2v) is 6.00. The monoisotopic (exact) mass is 321 g/mol. The van der Waals surface area contributed by atoms with Crippen molar-refractivity contribution in [2.24, 2.45) is 0 Å². The maximum Gasteiger partial charge on any atom is 0.355 e. The van der Waals surface area contributed by atoms with Gasteiger partial charge in [0, 0.05) is 16.5 Å². The molecule has 0 amide bonds. The molecule has 1 aromatic heterocycles. The second kappa shape index (κ2) is 6.32. The smallest absolute Gasteiger partial charge is 0.355 e. The van der Waals surface area contributed by atoms with Gasteiger partial charge in [0.05, 0.1) is 0 Å². The number of rotatable bonds is 4. The molecule has 0 aliphatic heterocycles. The van der Waals surface area contributed by atoms with Crippen LogP contribution in [0.4, 0.5) is 0 Å². The molecule has 0 saturated carbocycles. The molecule has 1 N–H and O–H groups in total. The molecule has 1 heterocycles. The number of aryl methyl sites for hydroxylation is 2. The number of ketones is 1. The number of carbonyl (C=O) groups is 2. The maximum absolute atomic E-state index is 12.6. The van der Waals surface area contributed by atoms with Gasteiger partial charge in [0.1, 0.15) is 5.69 Å². The number of hydrogen-bond acceptors (Lipinski definition) is 3. The zero-order chi connectivity index (χ0) is 17.3. The van der Waals surface area contributed by atoms with E-state index in [1.807, 2.05) is 56.3 Å². The van der Waals surface area contributed by atoms with Gasteiger partial charge >= 0.3 is 5.97 Å². The molecule has 24 heavy (non-hydrogen) atoms. The van der Waals surface area contributed by atoms with E-state index < -0.39 is 12.1 Å². The van der Waals surface area contributed by atoms with Gasteiger partial charge in [-0.05, 0) is 44.5 Å². The fourth-order valence-corrected chi connectivity index (χ4v) is 2.68. The summed E-state index contributed by atoms with van der Waals surface area (Å²) in [5.74, 6) is -0.724. The molecular formula is C20H19NO3. The van der Waals surface area contributed by atoms with Gasteiger partial charge in [0.15, 0.2) is 6.10 Å². The zero-order valence-electron chi connectivity index (χ0n) is 13.9. The van der Waals surface area contributed by atoms with Crippen molar-refractivity contribution in [3.05, 3.63) is 70.9 Å². The number of carbonyl (C=O) groups excluding carboxylic acids is 2. The Bertz CT molecular complexity index is 891. The summed E-state index contributed by atoms with van der Waals surface area (Å²) >= 11 is 0. The molecule has 0 spiro atoms. The first-order chi connectivity index (χ1) is 11.5. The predicted octanol–water partition coefficient (Wildman–Crippen LogP) is 4.21. The van der Waals surface area contributed by atoms with E-state index in [2.05, 4.69) is 4.98 Å². The molecule has 0 aliphatic carbocycles. The molecule has 0 bridgehead atoms. The van der Waals surface area contributed by atoms with Gasteiger partial charge < -0.3 is 9.72 Å². The van der Waals surface area contributed by atoms with E-state index in [0.717, 1.165) is 22.0 Å². The first-order valence-electron chi connectivity index (χ1n) is 7.86. The fourth-order valence-electron chi connectivity index (χ4n) is 2.68. The molecule has 4 nitrogen and oxygen atoms in total. The number of Topliss-reactive ketones (excluding diaryl/α,β-unsaturated/α-hetero) is 1. The highest BCUT2D eigenvalue weighted by Crippen LogP contribution is 2.18. The fraction of sp³-hybridized carbons (Fsp3) is 0.200. The Morgan fingerprint density at radius 3 is 2.54 bits per heavy atom. The van der Waals surface area contributed by atoms with Crippen molar-refractivity contribution in [3.8, 4) is 0 Å². The minimum Gasteiger partial charge on any atom is -0.450 e. The highest BCUT2D eigenvalue weighted by molar-refractivity contribution is 6.03. The van der Waals surface area contributed by atoms with Gasteiger partial charge in [0.2, 0.25) is 5.78 Å². The molecule has 0 saturated heterocycles. The van der Waals surface area contributed by atoms with Crippen molar-refractivity contribution < 1.29 is 14.3 Å². The molecule has 0 fully saturated rings. The Balaban J connectivity index is 1.78. The molecule has 3 aromatic rings. The summed E-state index contributed by atoms with van der Waals surface area (Å²) in [5.41, 5.74) is 3.67. The Hall–Kier alpha value is -2.88. The first kappa shape index (κ1) is 16.0. The number of H-pyrrole nitrogens is 1. The highest BCUT2D eigenvalue weighted by Gasteiger charge is 2.22. The predicted molar refractivity (Wildman–Crippen MR) is 93.4 cm³/mol.